The molecular weight excluding hydrogens is 338 g/mol. The van der Waals surface area contributed by atoms with Gasteiger partial charge in [0.1, 0.15) is 0 Å². The molecule has 1 heterocycles. The molecule has 6 nitrogen and oxygen atoms in total. The first-order valence-electron chi connectivity index (χ1n) is 7.62. The fourth-order valence-electron chi connectivity index (χ4n) is 2.45. The number of carbonyl (C=O) groups is 1. The van der Waals surface area contributed by atoms with Crippen LogP contribution in [0.4, 0.5) is 5.69 Å². The summed E-state index contributed by atoms with van der Waals surface area (Å²) >= 11 is 0. The van der Waals surface area contributed by atoms with Crippen LogP contribution in [0.1, 0.15) is 30.1 Å². The molecule has 2 rings (SSSR count). The van der Waals surface area contributed by atoms with E-state index in [1.165, 1.54) is 0 Å². The zero-order valence-corrected chi connectivity index (χ0v) is 14.9. The first-order chi connectivity index (χ1) is 10.5. The number of rotatable bonds is 5. The van der Waals surface area contributed by atoms with E-state index >= 15 is 0 Å². The topological polar surface area (TPSA) is 78.5 Å². The molecule has 0 unspecified atom stereocenters. The van der Waals surface area contributed by atoms with E-state index in [9.17, 15) is 13.2 Å². The lowest BCUT2D eigenvalue weighted by atomic mass is 10.1. The van der Waals surface area contributed by atoms with Gasteiger partial charge in [-0.2, -0.15) is 0 Å². The van der Waals surface area contributed by atoms with Crippen molar-refractivity contribution in [2.24, 2.45) is 0 Å². The Kier molecular flexibility index (Phi) is 7.81. The maximum absolute atomic E-state index is 12.5. The third-order valence-corrected chi connectivity index (χ3v) is 4.98. The van der Waals surface area contributed by atoms with Crippen LogP contribution >= 0.6 is 12.4 Å². The van der Waals surface area contributed by atoms with Crippen LogP contribution < -0.4 is 10.0 Å². The van der Waals surface area contributed by atoms with Gasteiger partial charge in [-0.15, -0.1) is 12.4 Å². The standard InChI is InChI=1S/C15H23N3O3S.ClH/c1-2-11-22(20,21)17-14-6-3-5-13(12-14)15(19)18-9-4-7-16-8-10-18;/h3,5-6,12,16-17H,2,4,7-11H2,1H3;1H. The van der Waals surface area contributed by atoms with Gasteiger partial charge in [0, 0.05) is 30.9 Å². The van der Waals surface area contributed by atoms with Crippen LogP contribution in [0, 0.1) is 0 Å². The van der Waals surface area contributed by atoms with Crippen LogP contribution in [0.5, 0.6) is 0 Å². The lowest BCUT2D eigenvalue weighted by Crippen LogP contribution is -2.34. The van der Waals surface area contributed by atoms with E-state index in [1.807, 2.05) is 6.92 Å². The summed E-state index contributed by atoms with van der Waals surface area (Å²) < 4.78 is 26.1. The highest BCUT2D eigenvalue weighted by Gasteiger charge is 2.18. The third kappa shape index (κ3) is 6.01. The number of halogens is 1. The van der Waals surface area contributed by atoms with Gasteiger partial charge in [-0.1, -0.05) is 13.0 Å². The summed E-state index contributed by atoms with van der Waals surface area (Å²) in [5.74, 6) is 0.0171. The molecular formula is C15H24ClN3O3S. The van der Waals surface area contributed by atoms with Crippen LogP contribution in [0.2, 0.25) is 0 Å². The molecule has 1 aliphatic rings. The van der Waals surface area contributed by atoms with Crippen LogP contribution in [0.25, 0.3) is 0 Å². The number of hydrogen-bond donors (Lipinski definition) is 2. The quantitative estimate of drug-likeness (QED) is 0.836. The van der Waals surface area contributed by atoms with Crippen molar-refractivity contribution in [1.82, 2.24) is 10.2 Å². The Hall–Kier alpha value is -1.31. The van der Waals surface area contributed by atoms with Crippen molar-refractivity contribution in [1.29, 1.82) is 0 Å². The Bertz CT molecular complexity index is 614. The highest BCUT2D eigenvalue weighted by molar-refractivity contribution is 7.92. The molecule has 1 aliphatic heterocycles. The van der Waals surface area contributed by atoms with Gasteiger partial charge in [0.25, 0.3) is 5.91 Å². The minimum atomic E-state index is -3.34. The van der Waals surface area contributed by atoms with Crippen molar-refractivity contribution in [2.75, 3.05) is 36.7 Å². The Labute approximate surface area is 144 Å². The summed E-state index contributed by atoms with van der Waals surface area (Å²) in [4.78, 5) is 14.3. The van der Waals surface area contributed by atoms with Crippen LogP contribution in [0.3, 0.4) is 0 Å². The number of anilines is 1. The molecule has 23 heavy (non-hydrogen) atoms. The van der Waals surface area contributed by atoms with E-state index in [-0.39, 0.29) is 24.1 Å². The zero-order valence-electron chi connectivity index (χ0n) is 13.2. The first kappa shape index (κ1) is 19.7. The summed E-state index contributed by atoms with van der Waals surface area (Å²) in [5, 5.41) is 3.25. The molecule has 0 radical (unpaired) electrons. The summed E-state index contributed by atoms with van der Waals surface area (Å²) in [6.07, 6.45) is 1.48. The van der Waals surface area contributed by atoms with E-state index in [4.69, 9.17) is 0 Å². The molecule has 2 N–H and O–H groups in total. The molecule has 0 aromatic heterocycles. The van der Waals surface area contributed by atoms with Crippen molar-refractivity contribution in [2.45, 2.75) is 19.8 Å². The SMILES string of the molecule is CCCS(=O)(=O)Nc1cccc(C(=O)N2CCCNCC2)c1.Cl. The van der Waals surface area contributed by atoms with Gasteiger partial charge in [0.15, 0.2) is 0 Å². The average molecular weight is 362 g/mol. The van der Waals surface area contributed by atoms with Gasteiger partial charge in [0.05, 0.1) is 5.75 Å². The Morgan fingerprint density at radius 2 is 2.09 bits per heavy atom. The van der Waals surface area contributed by atoms with Gasteiger partial charge >= 0.3 is 0 Å². The van der Waals surface area contributed by atoms with E-state index in [1.54, 1.807) is 29.2 Å². The van der Waals surface area contributed by atoms with Crippen LogP contribution in [0.15, 0.2) is 24.3 Å². The molecule has 1 fully saturated rings. The number of hydrogen-bond acceptors (Lipinski definition) is 4. The molecule has 0 atom stereocenters. The minimum Gasteiger partial charge on any atom is -0.337 e. The predicted molar refractivity (Wildman–Crippen MR) is 94.8 cm³/mol. The third-order valence-electron chi connectivity index (χ3n) is 3.48. The van der Waals surface area contributed by atoms with E-state index in [2.05, 4.69) is 10.0 Å². The maximum atomic E-state index is 12.5. The minimum absolute atomic E-state index is 0. The molecule has 1 aromatic carbocycles. The van der Waals surface area contributed by atoms with Gasteiger partial charge in [0.2, 0.25) is 10.0 Å². The highest BCUT2D eigenvalue weighted by atomic mass is 35.5. The fourth-order valence-corrected chi connectivity index (χ4v) is 3.57. The molecule has 0 saturated carbocycles. The average Bonchev–Trinajstić information content (AvgIpc) is 2.75. The second-order valence-corrected chi connectivity index (χ2v) is 7.24. The predicted octanol–water partition coefficient (Wildman–Crippen LogP) is 1.70. The van der Waals surface area contributed by atoms with Gasteiger partial charge in [-0.3, -0.25) is 9.52 Å². The van der Waals surface area contributed by atoms with Gasteiger partial charge in [-0.05, 0) is 37.6 Å². The number of nitrogens with zero attached hydrogens (tertiary/aromatic N) is 1. The van der Waals surface area contributed by atoms with E-state index in [0.717, 1.165) is 26.1 Å². The van der Waals surface area contributed by atoms with Crippen molar-refractivity contribution >= 4 is 34.0 Å². The van der Waals surface area contributed by atoms with Crippen LogP contribution in [-0.2, 0) is 10.0 Å². The van der Waals surface area contributed by atoms with Crippen LogP contribution in [-0.4, -0.2) is 51.2 Å². The summed E-state index contributed by atoms with van der Waals surface area (Å²) in [5.41, 5.74) is 0.950. The maximum Gasteiger partial charge on any atom is 0.253 e. The monoisotopic (exact) mass is 361 g/mol. The highest BCUT2D eigenvalue weighted by Crippen LogP contribution is 2.15. The number of sulfonamides is 1. The number of amides is 1. The lowest BCUT2D eigenvalue weighted by Gasteiger charge is -2.20. The van der Waals surface area contributed by atoms with Gasteiger partial charge in [-0.25, -0.2) is 8.42 Å². The fraction of sp³-hybridized carbons (Fsp3) is 0.533. The number of benzene rings is 1. The Balaban J connectivity index is 0.00000264. The normalized spacial score (nSPS) is 15.4. The van der Waals surface area contributed by atoms with Gasteiger partial charge < -0.3 is 10.2 Å². The largest absolute Gasteiger partial charge is 0.337 e. The molecule has 1 saturated heterocycles. The smallest absolute Gasteiger partial charge is 0.253 e. The van der Waals surface area contributed by atoms with Crippen molar-refractivity contribution in [3.63, 3.8) is 0 Å². The summed E-state index contributed by atoms with van der Waals surface area (Å²) in [6.45, 7) is 4.91. The Morgan fingerprint density at radius 3 is 2.83 bits per heavy atom. The van der Waals surface area contributed by atoms with Crippen molar-refractivity contribution in [3.05, 3.63) is 29.8 Å². The molecule has 0 spiro atoms. The van der Waals surface area contributed by atoms with Crippen molar-refractivity contribution < 1.29 is 13.2 Å². The second kappa shape index (κ2) is 9.10. The van der Waals surface area contributed by atoms with Crippen molar-refractivity contribution in [3.8, 4) is 0 Å². The van der Waals surface area contributed by atoms with E-state index in [0.29, 0.717) is 24.2 Å². The molecule has 1 aromatic rings. The second-order valence-electron chi connectivity index (χ2n) is 5.40. The molecule has 0 aliphatic carbocycles. The van der Waals surface area contributed by atoms with E-state index < -0.39 is 10.0 Å². The Morgan fingerprint density at radius 1 is 1.30 bits per heavy atom. The molecule has 8 heteroatoms. The first-order valence-corrected chi connectivity index (χ1v) is 9.27. The molecule has 130 valence electrons. The zero-order chi connectivity index (χ0) is 16.0. The molecule has 0 bridgehead atoms. The number of carbonyl (C=O) groups excluding carboxylic acids is 1. The number of nitrogens with one attached hydrogen (secondary N) is 2. The molecule has 1 amide bonds. The lowest BCUT2D eigenvalue weighted by molar-refractivity contribution is 0.0766. The summed E-state index contributed by atoms with van der Waals surface area (Å²) in [6, 6.07) is 6.69. The summed E-state index contributed by atoms with van der Waals surface area (Å²) in [7, 11) is -3.34.